The molecule has 0 bridgehead atoms. The monoisotopic (exact) mass is 820 g/mol. The van der Waals surface area contributed by atoms with Crippen LogP contribution in [0.4, 0.5) is 0 Å². The molecule has 8 rings (SSSR count). The van der Waals surface area contributed by atoms with E-state index in [0.717, 1.165) is 22.9 Å². The van der Waals surface area contributed by atoms with Gasteiger partial charge in [-0.1, -0.05) is 0 Å². The maximum absolute atomic E-state index is 6.72. The second kappa shape index (κ2) is 13.4. The van der Waals surface area contributed by atoms with Crippen LogP contribution < -0.4 is 9.81 Å². The Morgan fingerprint density at radius 2 is 1.09 bits per heavy atom. The summed E-state index contributed by atoms with van der Waals surface area (Å²) in [7, 11) is 0. The third kappa shape index (κ3) is 5.86. The summed E-state index contributed by atoms with van der Waals surface area (Å²) in [4.78, 5) is 0. The minimum absolute atomic E-state index is 0.0634. The van der Waals surface area contributed by atoms with Crippen LogP contribution in [0, 0.1) is 0 Å². The molecule has 0 aliphatic heterocycles. The fourth-order valence-electron chi connectivity index (χ4n) is 9.44. The third-order valence-electron chi connectivity index (χ3n) is 12.1. The van der Waals surface area contributed by atoms with E-state index in [-0.39, 0.29) is 10.8 Å². The number of fused-ring (bicyclic) bond motifs is 3. The van der Waals surface area contributed by atoms with Crippen molar-refractivity contribution < 1.29 is 18.3 Å². The van der Waals surface area contributed by atoms with Crippen LogP contribution >= 0.6 is 23.2 Å². The number of hydrogen-bond donors (Lipinski definition) is 0. The van der Waals surface area contributed by atoms with Gasteiger partial charge in [0.1, 0.15) is 0 Å². The van der Waals surface area contributed by atoms with E-state index >= 15 is 0 Å². The summed E-state index contributed by atoms with van der Waals surface area (Å²) in [5, 5.41) is 1.45. The zero-order chi connectivity index (χ0) is 38.1. The van der Waals surface area contributed by atoms with Crippen LogP contribution in [0.3, 0.4) is 0 Å². The first-order chi connectivity index (χ1) is 25.7. The van der Waals surface area contributed by atoms with E-state index in [1.54, 1.807) is 0 Å². The predicted molar refractivity (Wildman–Crippen MR) is 234 cm³/mol. The fraction of sp³-hybridized carbons (Fsp3) is 0.196. The van der Waals surface area contributed by atoms with Gasteiger partial charge >= 0.3 is 335 Å². The van der Waals surface area contributed by atoms with Crippen molar-refractivity contribution in [1.82, 2.24) is 0 Å². The van der Waals surface area contributed by atoms with E-state index in [9.17, 15) is 0 Å². The summed E-state index contributed by atoms with van der Waals surface area (Å²) in [5.74, 6) is 0. The zero-order valence-corrected chi connectivity index (χ0v) is 36.2. The summed E-state index contributed by atoms with van der Waals surface area (Å²) in [6, 6.07) is 47.0. The van der Waals surface area contributed by atoms with Gasteiger partial charge in [-0.25, -0.2) is 0 Å². The molecular weight excluding hydrogens is 775 g/mol. The Morgan fingerprint density at radius 3 is 1.59 bits per heavy atom. The van der Waals surface area contributed by atoms with E-state index < -0.39 is 18.3 Å². The van der Waals surface area contributed by atoms with Gasteiger partial charge in [0, 0.05) is 0 Å². The molecule has 0 heterocycles. The van der Waals surface area contributed by atoms with E-state index in [0.29, 0.717) is 0 Å². The van der Waals surface area contributed by atoms with Crippen LogP contribution in [-0.4, -0.2) is 4.21 Å². The average molecular weight is 823 g/mol. The molecule has 2 aliphatic rings. The van der Waals surface area contributed by atoms with Crippen molar-refractivity contribution in [1.29, 1.82) is 0 Å². The van der Waals surface area contributed by atoms with Crippen LogP contribution in [-0.2, 0) is 35.5 Å². The van der Waals surface area contributed by atoms with Crippen molar-refractivity contribution in [2.45, 2.75) is 65.2 Å². The topological polar surface area (TPSA) is 0 Å². The first kappa shape index (κ1) is 37.1. The van der Waals surface area contributed by atoms with Gasteiger partial charge in [-0.2, -0.15) is 0 Å². The second-order valence-electron chi connectivity index (χ2n) is 17.5. The third-order valence-corrected chi connectivity index (χ3v) is 29.0. The molecule has 0 atom stereocenters. The molecule has 0 fully saturated rings. The van der Waals surface area contributed by atoms with Crippen molar-refractivity contribution >= 4 is 37.2 Å². The van der Waals surface area contributed by atoms with Crippen LogP contribution in [0.25, 0.3) is 33.4 Å². The molecule has 0 amide bonds. The average Bonchev–Trinajstić information content (AvgIpc) is 3.83. The summed E-state index contributed by atoms with van der Waals surface area (Å²) >= 11 is 8.20. The molecule has 2 aliphatic carbocycles. The van der Waals surface area contributed by atoms with Crippen molar-refractivity contribution in [3.05, 3.63) is 181 Å². The number of benzene rings is 6. The van der Waals surface area contributed by atoms with Crippen LogP contribution in [0.15, 0.2) is 149 Å². The quantitative estimate of drug-likeness (QED) is 0.157. The standard InChI is InChI=1S/C33H33.2C6H4Cl.C5H5.CH2.Zr/c1-32(2,3)30-20-26-24(18-28(30)22-13-9-7-10-14-22)17-25-19-29(23-15-11-8-12-16-23)31(21-27(25)26)33(4,5)6;2*7-6-4-2-1-3-5-6;1-2-4-5-3-1;;/h7-16,18,20-21H,17H2,1-6H3;2*2-5H;1-3H,4H2;1H2;. The fourth-order valence-corrected chi connectivity index (χ4v) is 25.7. The summed E-state index contributed by atoms with van der Waals surface area (Å²) in [6.45, 7) is 14.1. The Bertz CT molecular complexity index is 2490. The number of hydrogen-bond acceptors (Lipinski definition) is 0. The van der Waals surface area contributed by atoms with Gasteiger partial charge in [-0.3, -0.25) is 0 Å². The van der Waals surface area contributed by atoms with Gasteiger partial charge in [0.05, 0.1) is 0 Å². The van der Waals surface area contributed by atoms with Gasteiger partial charge < -0.3 is 0 Å². The molecule has 0 unspecified atom stereocenters. The molecule has 3 heteroatoms. The molecule has 0 nitrogen and oxygen atoms in total. The predicted octanol–water partition coefficient (Wildman–Crippen LogP) is 12.7. The van der Waals surface area contributed by atoms with Crippen LogP contribution in [0.2, 0.25) is 10.0 Å². The molecule has 0 N–H and O–H groups in total. The Kier molecular flexibility index (Phi) is 9.21. The van der Waals surface area contributed by atoms with Crippen molar-refractivity contribution in [2.24, 2.45) is 0 Å². The minimum atomic E-state index is -5.25. The molecule has 0 saturated heterocycles. The summed E-state index contributed by atoms with van der Waals surface area (Å²) in [6.07, 6.45) is 8.62. The van der Waals surface area contributed by atoms with Crippen LogP contribution in [0.1, 0.15) is 70.2 Å². The number of rotatable bonds is 6. The van der Waals surface area contributed by atoms with E-state index in [2.05, 4.69) is 187 Å². The summed E-state index contributed by atoms with van der Waals surface area (Å²) in [5.41, 5.74) is 13.1. The van der Waals surface area contributed by atoms with Gasteiger partial charge in [-0.05, 0) is 0 Å². The first-order valence-electron chi connectivity index (χ1n) is 19.1. The molecule has 6 aromatic rings. The molecule has 0 spiro atoms. The Labute approximate surface area is 332 Å². The van der Waals surface area contributed by atoms with Crippen molar-refractivity contribution in [3.8, 4) is 33.4 Å². The van der Waals surface area contributed by atoms with Crippen molar-refractivity contribution in [3.63, 3.8) is 0 Å². The molecule has 270 valence electrons. The van der Waals surface area contributed by atoms with Gasteiger partial charge in [-0.15, -0.1) is 0 Å². The number of halogens is 2. The normalized spacial score (nSPS) is 14.2. The molecular formula is C51H48Cl2Zr. The molecule has 0 saturated carbocycles. The van der Waals surface area contributed by atoms with E-state index in [1.165, 1.54) is 68.7 Å². The van der Waals surface area contributed by atoms with E-state index in [4.69, 9.17) is 27.4 Å². The van der Waals surface area contributed by atoms with E-state index in [1.807, 2.05) is 0 Å². The first-order valence-corrected chi connectivity index (χ1v) is 26.5. The van der Waals surface area contributed by atoms with Crippen molar-refractivity contribution in [2.75, 3.05) is 0 Å². The zero-order valence-electron chi connectivity index (χ0n) is 32.2. The number of allylic oxidation sites excluding steroid dienone is 4. The Morgan fingerprint density at radius 1 is 0.574 bits per heavy atom. The van der Waals surface area contributed by atoms with Gasteiger partial charge in [0.15, 0.2) is 0 Å². The van der Waals surface area contributed by atoms with Crippen LogP contribution in [0.5, 0.6) is 0 Å². The van der Waals surface area contributed by atoms with Gasteiger partial charge in [0.25, 0.3) is 0 Å². The second-order valence-corrected chi connectivity index (χ2v) is 31.1. The Balaban J connectivity index is 1.62. The molecule has 6 aromatic carbocycles. The van der Waals surface area contributed by atoms with Gasteiger partial charge in [0.2, 0.25) is 0 Å². The Hall–Kier alpha value is -3.87. The SMILES string of the molecule is [CH2]=[Zr]([C]1=CC=CC1)([c]1ccc(Cl)cc1)([c]1ccc(Cl)cc1)[c]1c2c(cc(C(C)(C)C)c1-c1ccccc1)-c1cc(C(C)(C)C)c(-c3ccccc3)cc1C2. The molecule has 0 radical (unpaired) electrons. The molecule has 54 heavy (non-hydrogen) atoms. The molecule has 0 aromatic heterocycles. The summed E-state index contributed by atoms with van der Waals surface area (Å²) < 4.78 is 11.2. The maximum atomic E-state index is 6.72.